The molecule has 0 saturated heterocycles. The van der Waals surface area contributed by atoms with Gasteiger partial charge in [0, 0.05) is 22.1 Å². The molecule has 0 aliphatic heterocycles. The third-order valence-electron chi connectivity index (χ3n) is 9.15. The lowest BCUT2D eigenvalue weighted by Gasteiger charge is -2.18. The van der Waals surface area contributed by atoms with Gasteiger partial charge in [0.2, 0.25) is 0 Å². The van der Waals surface area contributed by atoms with Gasteiger partial charge in [-0.25, -0.2) is 0 Å². The van der Waals surface area contributed by atoms with Gasteiger partial charge < -0.3 is 4.42 Å². The van der Waals surface area contributed by atoms with Crippen molar-refractivity contribution in [1.82, 2.24) is 0 Å². The fraction of sp³-hybridized carbons (Fsp3) is 0.0476. The average molecular weight is 549 g/mol. The lowest BCUT2D eigenvalue weighted by Crippen LogP contribution is -1.91. The van der Waals surface area contributed by atoms with E-state index >= 15 is 0 Å². The van der Waals surface area contributed by atoms with Gasteiger partial charge in [-0.1, -0.05) is 140 Å². The Morgan fingerprint density at radius 3 is 1.74 bits per heavy atom. The first-order valence-corrected chi connectivity index (χ1v) is 15.1. The Labute approximate surface area is 250 Å². The monoisotopic (exact) mass is 548 g/mol. The molecule has 8 aromatic rings. The Bertz CT molecular complexity index is 2320. The summed E-state index contributed by atoms with van der Waals surface area (Å²) < 4.78 is 6.59. The van der Waals surface area contributed by atoms with Gasteiger partial charge in [-0.2, -0.15) is 0 Å². The Balaban J connectivity index is 1.29. The number of allylic oxidation sites excluding steroid dienone is 1. The Hall–Kier alpha value is -5.40. The molecule has 0 bridgehead atoms. The van der Waals surface area contributed by atoms with E-state index in [2.05, 4.69) is 146 Å². The summed E-state index contributed by atoms with van der Waals surface area (Å²) in [7, 11) is 0. The van der Waals surface area contributed by atoms with Gasteiger partial charge in [0.05, 0.1) is 0 Å². The van der Waals surface area contributed by atoms with Gasteiger partial charge in [0.25, 0.3) is 0 Å². The fourth-order valence-corrected chi connectivity index (χ4v) is 7.22. The fourth-order valence-electron chi connectivity index (χ4n) is 7.22. The van der Waals surface area contributed by atoms with E-state index in [0.717, 1.165) is 29.7 Å². The summed E-state index contributed by atoms with van der Waals surface area (Å²) in [6, 6.07) is 48.7. The molecule has 0 saturated carbocycles. The highest BCUT2D eigenvalue weighted by Crippen LogP contribution is 2.46. The summed E-state index contributed by atoms with van der Waals surface area (Å²) in [5.74, 6) is 1.00. The number of benzene rings is 7. The van der Waals surface area contributed by atoms with Gasteiger partial charge in [-0.15, -0.1) is 0 Å². The van der Waals surface area contributed by atoms with Crippen LogP contribution in [0.5, 0.6) is 0 Å². The van der Waals surface area contributed by atoms with E-state index < -0.39 is 0 Å². The maximum atomic E-state index is 6.59. The number of hydrogen-bond donors (Lipinski definition) is 0. The van der Waals surface area contributed by atoms with Crippen molar-refractivity contribution < 1.29 is 4.42 Å². The van der Waals surface area contributed by atoms with Gasteiger partial charge in [0.1, 0.15) is 11.3 Å². The van der Waals surface area contributed by atoms with Crippen molar-refractivity contribution in [2.24, 2.45) is 0 Å². The van der Waals surface area contributed by atoms with Gasteiger partial charge in [-0.3, -0.25) is 0 Å². The molecule has 7 aromatic carbocycles. The molecular weight excluding hydrogens is 520 g/mol. The minimum atomic E-state index is 0.988. The van der Waals surface area contributed by atoms with Crippen LogP contribution >= 0.6 is 0 Å². The number of fused-ring (bicyclic) bond motifs is 6. The highest BCUT2D eigenvalue weighted by atomic mass is 16.3. The van der Waals surface area contributed by atoms with Crippen LogP contribution in [0.15, 0.2) is 144 Å². The van der Waals surface area contributed by atoms with Gasteiger partial charge in [-0.05, 0) is 73.5 Å². The van der Waals surface area contributed by atoms with Crippen LogP contribution in [0.4, 0.5) is 0 Å². The molecule has 0 spiro atoms. The number of hydrogen-bond acceptors (Lipinski definition) is 1. The molecule has 1 aromatic heterocycles. The molecule has 0 radical (unpaired) electrons. The first kappa shape index (κ1) is 24.2. The zero-order chi connectivity index (χ0) is 28.3. The molecule has 1 aliphatic carbocycles. The highest BCUT2D eigenvalue weighted by Gasteiger charge is 2.22. The quantitative estimate of drug-likeness (QED) is 0.200. The van der Waals surface area contributed by atoms with Crippen molar-refractivity contribution in [3.05, 3.63) is 151 Å². The minimum Gasteiger partial charge on any atom is -0.456 e. The molecule has 0 N–H and O–H groups in total. The van der Waals surface area contributed by atoms with E-state index in [-0.39, 0.29) is 0 Å². The SMILES string of the molecule is C1=Cc2oc3c(-c4c5ccccc5c(-c5ccc(-c6cccc7ccccc67)cc5)c5ccccc45)cccc3c2CC1. The molecule has 1 aliphatic rings. The molecule has 0 unspecified atom stereocenters. The Morgan fingerprint density at radius 2 is 1.00 bits per heavy atom. The molecule has 0 amide bonds. The smallest absolute Gasteiger partial charge is 0.142 e. The van der Waals surface area contributed by atoms with E-state index in [1.54, 1.807) is 0 Å². The Kier molecular flexibility index (Phi) is 5.39. The minimum absolute atomic E-state index is 0.988. The van der Waals surface area contributed by atoms with Crippen LogP contribution in [0, 0.1) is 0 Å². The molecule has 0 atom stereocenters. The van der Waals surface area contributed by atoms with E-state index in [1.807, 2.05) is 0 Å². The number of furan rings is 1. The second-order valence-electron chi connectivity index (χ2n) is 11.5. The molecule has 1 heterocycles. The zero-order valence-corrected chi connectivity index (χ0v) is 23.7. The molecule has 202 valence electrons. The molecule has 43 heavy (non-hydrogen) atoms. The van der Waals surface area contributed by atoms with Crippen LogP contribution < -0.4 is 0 Å². The molecule has 0 fully saturated rings. The predicted molar refractivity (Wildman–Crippen MR) is 182 cm³/mol. The van der Waals surface area contributed by atoms with Crippen molar-refractivity contribution in [1.29, 1.82) is 0 Å². The zero-order valence-electron chi connectivity index (χ0n) is 23.7. The van der Waals surface area contributed by atoms with Crippen molar-refractivity contribution in [3.63, 3.8) is 0 Å². The number of para-hydroxylation sites is 1. The first-order chi connectivity index (χ1) is 21.3. The van der Waals surface area contributed by atoms with Crippen molar-refractivity contribution in [2.45, 2.75) is 12.8 Å². The van der Waals surface area contributed by atoms with Crippen LogP contribution in [0.25, 0.3) is 82.7 Å². The van der Waals surface area contributed by atoms with E-state index in [4.69, 9.17) is 4.42 Å². The van der Waals surface area contributed by atoms with E-state index in [0.29, 0.717) is 0 Å². The summed E-state index contributed by atoms with van der Waals surface area (Å²) in [5.41, 5.74) is 9.70. The van der Waals surface area contributed by atoms with Crippen LogP contribution in [-0.4, -0.2) is 0 Å². The van der Waals surface area contributed by atoms with Gasteiger partial charge >= 0.3 is 0 Å². The summed E-state index contributed by atoms with van der Waals surface area (Å²) in [6.45, 7) is 0. The normalized spacial score (nSPS) is 12.8. The summed E-state index contributed by atoms with van der Waals surface area (Å²) >= 11 is 0. The lowest BCUT2D eigenvalue weighted by molar-refractivity contribution is 0.596. The second kappa shape index (κ2) is 9.58. The maximum absolute atomic E-state index is 6.59. The average Bonchev–Trinajstić information content (AvgIpc) is 3.46. The Morgan fingerprint density at radius 1 is 0.442 bits per heavy atom. The van der Waals surface area contributed by atoms with Crippen molar-refractivity contribution in [3.8, 4) is 33.4 Å². The largest absolute Gasteiger partial charge is 0.456 e. The van der Waals surface area contributed by atoms with Gasteiger partial charge in [0.15, 0.2) is 0 Å². The molecule has 1 nitrogen and oxygen atoms in total. The lowest BCUT2D eigenvalue weighted by atomic mass is 9.85. The molecular formula is C42H28O. The predicted octanol–water partition coefficient (Wildman–Crippen LogP) is 11.9. The van der Waals surface area contributed by atoms with Crippen molar-refractivity contribution >= 4 is 49.4 Å². The summed E-state index contributed by atoms with van der Waals surface area (Å²) in [6.07, 6.45) is 6.45. The first-order valence-electron chi connectivity index (χ1n) is 15.1. The molecule has 9 rings (SSSR count). The topological polar surface area (TPSA) is 13.1 Å². The maximum Gasteiger partial charge on any atom is 0.142 e. The number of rotatable bonds is 3. The van der Waals surface area contributed by atoms with Crippen LogP contribution in [0.2, 0.25) is 0 Å². The van der Waals surface area contributed by atoms with Crippen LogP contribution in [0.1, 0.15) is 17.7 Å². The number of aryl methyl sites for hydroxylation is 1. The third-order valence-corrected chi connectivity index (χ3v) is 9.15. The second-order valence-corrected chi connectivity index (χ2v) is 11.5. The summed E-state index contributed by atoms with van der Waals surface area (Å²) in [5, 5.41) is 8.77. The standard InChI is InChI=1S/C42H28O/c1-2-13-30-27(11-1)12-9-19-31(30)28-23-25-29(26-24-28)40-33-15-3-5-17-35(33)41(36-18-6-4-16-34(36)40)38-21-10-20-37-32-14-7-8-22-39(32)43-42(37)38/h1-6,8-13,15-26H,7,14H2. The van der Waals surface area contributed by atoms with Crippen LogP contribution in [-0.2, 0) is 6.42 Å². The third kappa shape index (κ3) is 3.72. The van der Waals surface area contributed by atoms with E-state index in [9.17, 15) is 0 Å². The summed E-state index contributed by atoms with van der Waals surface area (Å²) in [4.78, 5) is 0. The van der Waals surface area contributed by atoms with Crippen LogP contribution in [0.3, 0.4) is 0 Å². The van der Waals surface area contributed by atoms with Crippen molar-refractivity contribution in [2.75, 3.05) is 0 Å². The van der Waals surface area contributed by atoms with E-state index in [1.165, 1.54) is 71.1 Å². The molecule has 1 heteroatoms. The highest BCUT2D eigenvalue weighted by molar-refractivity contribution is 6.23.